The van der Waals surface area contributed by atoms with Crippen LogP contribution in [0.25, 0.3) is 0 Å². The summed E-state index contributed by atoms with van der Waals surface area (Å²) in [4.78, 5) is 18.1. The molecule has 0 aromatic carbocycles. The quantitative estimate of drug-likeness (QED) is 0.343. The van der Waals surface area contributed by atoms with E-state index in [1.165, 1.54) is 0 Å². The van der Waals surface area contributed by atoms with Crippen LogP contribution in [0.3, 0.4) is 0 Å². The van der Waals surface area contributed by atoms with Gasteiger partial charge >= 0.3 is 12.1 Å². The number of hydrogen-bond acceptors (Lipinski definition) is 4. The van der Waals surface area contributed by atoms with E-state index in [4.69, 9.17) is 30.3 Å². The first-order valence-electron chi connectivity index (χ1n) is 2.35. The van der Waals surface area contributed by atoms with Crippen LogP contribution in [0, 0.1) is 0 Å². The van der Waals surface area contributed by atoms with Gasteiger partial charge in [0.15, 0.2) is 6.10 Å². The van der Waals surface area contributed by atoms with Gasteiger partial charge in [0.2, 0.25) is 0 Å². The number of rotatable bonds is 2. The molecular formula is C4H8O7. The normalized spacial score (nSPS) is 10.7. The second kappa shape index (κ2) is 6.78. The highest BCUT2D eigenvalue weighted by atomic mass is 16.6. The summed E-state index contributed by atoms with van der Waals surface area (Å²) >= 11 is 0. The van der Waals surface area contributed by atoms with Crippen molar-refractivity contribution in [1.82, 2.24) is 0 Å². The molecule has 5 N–H and O–H groups in total. The summed E-state index contributed by atoms with van der Waals surface area (Å²) in [6, 6.07) is 0. The van der Waals surface area contributed by atoms with E-state index in [2.05, 4.69) is 0 Å². The third-order valence-electron chi connectivity index (χ3n) is 0.458. The zero-order valence-corrected chi connectivity index (χ0v) is 5.34. The van der Waals surface area contributed by atoms with Crippen molar-refractivity contribution in [2.45, 2.75) is 6.10 Å². The fourth-order valence-corrected chi connectivity index (χ4v) is 0.0781. The number of carboxylic acid groups (broad SMARTS) is 3. The highest BCUT2D eigenvalue weighted by Gasteiger charge is 2.08. The molecule has 11 heavy (non-hydrogen) atoms. The number of aliphatic hydroxyl groups excluding tert-OH is 2. The van der Waals surface area contributed by atoms with Gasteiger partial charge in [0.1, 0.15) is 0 Å². The molecule has 0 radical (unpaired) electrons. The largest absolute Gasteiger partial charge is 0.503 e. The van der Waals surface area contributed by atoms with E-state index >= 15 is 0 Å². The molecule has 1 unspecified atom stereocenters. The van der Waals surface area contributed by atoms with Gasteiger partial charge in [0, 0.05) is 0 Å². The minimum Gasteiger partial charge on any atom is -0.479 e. The molecule has 0 amide bonds. The van der Waals surface area contributed by atoms with Crippen LogP contribution >= 0.6 is 0 Å². The lowest BCUT2D eigenvalue weighted by atomic mass is 10.4. The van der Waals surface area contributed by atoms with E-state index in [1.807, 2.05) is 0 Å². The molecule has 0 spiro atoms. The van der Waals surface area contributed by atoms with Crippen LogP contribution in [0.1, 0.15) is 0 Å². The van der Waals surface area contributed by atoms with Gasteiger partial charge in [-0.1, -0.05) is 0 Å². The molecular weight excluding hydrogens is 160 g/mol. The monoisotopic (exact) mass is 168 g/mol. The Balaban J connectivity index is 0. The molecule has 1 atom stereocenters. The maximum absolute atomic E-state index is 9.52. The van der Waals surface area contributed by atoms with Crippen LogP contribution in [-0.2, 0) is 4.79 Å². The van der Waals surface area contributed by atoms with Gasteiger partial charge in [0.25, 0.3) is 0 Å². The van der Waals surface area contributed by atoms with Gasteiger partial charge in [0.05, 0.1) is 6.61 Å². The second-order valence-electron chi connectivity index (χ2n) is 1.32. The molecule has 0 rings (SSSR count). The Kier molecular flexibility index (Phi) is 7.61. The van der Waals surface area contributed by atoms with Gasteiger partial charge in [-0.05, 0) is 0 Å². The predicted molar refractivity (Wildman–Crippen MR) is 31.4 cm³/mol. The molecule has 0 bridgehead atoms. The summed E-state index contributed by atoms with van der Waals surface area (Å²) in [5.41, 5.74) is 0. The molecule has 0 saturated heterocycles. The van der Waals surface area contributed by atoms with E-state index in [1.54, 1.807) is 0 Å². The van der Waals surface area contributed by atoms with Crippen molar-refractivity contribution in [3.8, 4) is 0 Å². The highest BCUT2D eigenvalue weighted by Crippen LogP contribution is 1.75. The molecule has 7 heteroatoms. The SMILES string of the molecule is O=C(O)C(O)CO.O=C(O)O. The molecule has 66 valence electrons. The minimum atomic E-state index is -1.83. The highest BCUT2D eigenvalue weighted by molar-refractivity contribution is 5.71. The van der Waals surface area contributed by atoms with Gasteiger partial charge < -0.3 is 25.5 Å². The second-order valence-corrected chi connectivity index (χ2v) is 1.32. The van der Waals surface area contributed by atoms with Crippen molar-refractivity contribution in [2.24, 2.45) is 0 Å². The molecule has 0 aromatic heterocycles. The number of hydrogen-bond donors (Lipinski definition) is 5. The zero-order chi connectivity index (χ0) is 9.44. The average molecular weight is 168 g/mol. The molecule has 7 nitrogen and oxygen atoms in total. The summed E-state index contributed by atoms with van der Waals surface area (Å²) in [7, 11) is 0. The standard InChI is InChI=1S/C3H6O4.CH2O3/c4-1-2(5)3(6)7;2-1(3)4/h2,4-5H,1H2,(H,6,7);(H2,2,3,4). The summed E-state index contributed by atoms with van der Waals surface area (Å²) in [6.07, 6.45) is -3.46. The van der Waals surface area contributed by atoms with Gasteiger partial charge in [-0.3, -0.25) is 0 Å². The summed E-state index contributed by atoms with van der Waals surface area (Å²) in [5, 5.41) is 37.7. The Hall–Kier alpha value is -1.34. The van der Waals surface area contributed by atoms with Crippen molar-refractivity contribution in [1.29, 1.82) is 0 Å². The minimum absolute atomic E-state index is 0.727. The summed E-state index contributed by atoms with van der Waals surface area (Å²) in [5.74, 6) is -1.40. The van der Waals surface area contributed by atoms with Gasteiger partial charge in [-0.15, -0.1) is 0 Å². The van der Waals surface area contributed by atoms with Gasteiger partial charge in [-0.25, -0.2) is 9.59 Å². The van der Waals surface area contributed by atoms with Crippen LogP contribution in [0.15, 0.2) is 0 Å². The Labute approximate surface area is 61.1 Å². The lowest BCUT2D eigenvalue weighted by Crippen LogP contribution is -2.22. The number of aliphatic hydroxyl groups is 2. The van der Waals surface area contributed by atoms with E-state index in [0.29, 0.717) is 0 Å². The van der Waals surface area contributed by atoms with Crippen molar-refractivity contribution in [3.05, 3.63) is 0 Å². The number of carboxylic acids is 1. The van der Waals surface area contributed by atoms with E-state index in [0.717, 1.165) is 0 Å². The molecule has 0 aliphatic carbocycles. The summed E-state index contributed by atoms with van der Waals surface area (Å²) < 4.78 is 0. The fourth-order valence-electron chi connectivity index (χ4n) is 0.0781. The van der Waals surface area contributed by atoms with Crippen LogP contribution in [0.4, 0.5) is 4.79 Å². The Morgan fingerprint density at radius 1 is 1.18 bits per heavy atom. The first kappa shape index (κ1) is 12.3. The van der Waals surface area contributed by atoms with E-state index in [-0.39, 0.29) is 0 Å². The average Bonchev–Trinajstić information content (AvgIpc) is 1.85. The summed E-state index contributed by atoms with van der Waals surface area (Å²) in [6.45, 7) is -0.727. The predicted octanol–water partition coefficient (Wildman–Crippen LogP) is -1.35. The van der Waals surface area contributed by atoms with E-state index in [9.17, 15) is 4.79 Å². The fraction of sp³-hybridized carbons (Fsp3) is 0.500. The Bertz CT molecular complexity index is 126. The van der Waals surface area contributed by atoms with Gasteiger partial charge in [-0.2, -0.15) is 0 Å². The topological polar surface area (TPSA) is 135 Å². The number of carbonyl (C=O) groups is 2. The maximum atomic E-state index is 9.52. The third-order valence-corrected chi connectivity index (χ3v) is 0.458. The van der Waals surface area contributed by atoms with Crippen molar-refractivity contribution < 1.29 is 35.1 Å². The first-order chi connectivity index (χ1) is 4.91. The third kappa shape index (κ3) is 17.7. The van der Waals surface area contributed by atoms with Crippen molar-refractivity contribution >= 4 is 12.1 Å². The molecule has 0 heterocycles. The molecule has 0 aromatic rings. The van der Waals surface area contributed by atoms with Crippen molar-refractivity contribution in [3.63, 3.8) is 0 Å². The van der Waals surface area contributed by atoms with Crippen LogP contribution in [0.5, 0.6) is 0 Å². The van der Waals surface area contributed by atoms with Crippen LogP contribution in [-0.4, -0.2) is 50.4 Å². The smallest absolute Gasteiger partial charge is 0.479 e. The van der Waals surface area contributed by atoms with Crippen LogP contribution < -0.4 is 0 Å². The Morgan fingerprint density at radius 3 is 1.45 bits per heavy atom. The molecule has 0 aliphatic heterocycles. The zero-order valence-electron chi connectivity index (χ0n) is 5.34. The molecule has 0 aliphatic rings. The molecule has 0 fully saturated rings. The number of aliphatic carboxylic acids is 1. The van der Waals surface area contributed by atoms with Crippen molar-refractivity contribution in [2.75, 3.05) is 6.61 Å². The Morgan fingerprint density at radius 2 is 1.45 bits per heavy atom. The lowest BCUT2D eigenvalue weighted by molar-refractivity contribution is -0.148. The lowest BCUT2D eigenvalue weighted by Gasteiger charge is -1.95. The maximum Gasteiger partial charge on any atom is 0.503 e. The van der Waals surface area contributed by atoms with Crippen LogP contribution in [0.2, 0.25) is 0 Å². The first-order valence-corrected chi connectivity index (χ1v) is 2.35. The molecule has 0 saturated carbocycles. The van der Waals surface area contributed by atoms with E-state index < -0.39 is 24.8 Å².